The van der Waals surface area contributed by atoms with E-state index >= 15 is 0 Å². The molecule has 1 aliphatic heterocycles. The number of nitrogens with zero attached hydrogens (tertiary/aromatic N) is 1. The van der Waals surface area contributed by atoms with Crippen LogP contribution in [-0.4, -0.2) is 32.0 Å². The summed E-state index contributed by atoms with van der Waals surface area (Å²) < 4.78 is 35.5. The molecule has 1 rings (SSSR count). The minimum absolute atomic E-state index is 0.0109. The van der Waals surface area contributed by atoms with Gasteiger partial charge < -0.3 is 0 Å². The van der Waals surface area contributed by atoms with Crippen LogP contribution in [0.1, 0.15) is 0 Å². The van der Waals surface area contributed by atoms with Crippen molar-refractivity contribution in [3.05, 3.63) is 0 Å². The van der Waals surface area contributed by atoms with Crippen molar-refractivity contribution in [3.63, 3.8) is 0 Å². The van der Waals surface area contributed by atoms with Crippen LogP contribution in [0.25, 0.3) is 0 Å². The van der Waals surface area contributed by atoms with Crippen molar-refractivity contribution in [1.82, 2.24) is 4.67 Å². The second-order valence-corrected chi connectivity index (χ2v) is 5.02. The van der Waals surface area contributed by atoms with E-state index < -0.39 is 7.83 Å². The molecule has 1 fully saturated rings. The first-order chi connectivity index (χ1) is 4.44. The number of hydrogen-bond donors (Lipinski definition) is 0. The molecule has 0 atom stereocenters. The normalized spacial score (nSPS) is 33.5. The Labute approximate surface area is 58.3 Å². The summed E-state index contributed by atoms with van der Waals surface area (Å²) in [7, 11) is -2.79. The topological polar surface area (TPSA) is 21.7 Å². The molecule has 1 aliphatic rings. The molecule has 62 valence electrons. The van der Waals surface area contributed by atoms with Crippen molar-refractivity contribution in [3.8, 4) is 0 Å². The fraction of sp³-hybridized carbons (Fsp3) is 1.00. The Morgan fingerprint density at radius 3 is 1.80 bits per heavy atom. The van der Waals surface area contributed by atoms with Crippen LogP contribution in [-0.2, 0) is 9.05 Å². The maximum atomic E-state index is 13.1. The molecule has 0 aromatic rings. The van der Waals surface area contributed by atoms with Crippen LogP contribution < -0.4 is 0 Å². The van der Waals surface area contributed by atoms with Gasteiger partial charge in [-0.2, -0.15) is 0 Å². The molecule has 0 bridgehead atoms. The monoisotopic (exact) mass is 173 g/mol. The molecule has 1 saturated heterocycles. The standard InChI is InChI=1S/C4H10F2NO2P/c1-7(2)10(5,6)8-3-4-9-10/h3-4H2,1-2H3. The summed E-state index contributed by atoms with van der Waals surface area (Å²) >= 11 is 0. The van der Waals surface area contributed by atoms with Gasteiger partial charge in [-0.05, 0) is 0 Å². The summed E-state index contributed by atoms with van der Waals surface area (Å²) in [4.78, 5) is 0. The molecule has 6 heteroatoms. The van der Waals surface area contributed by atoms with Gasteiger partial charge in [0.2, 0.25) is 0 Å². The Kier molecular flexibility index (Phi) is 1.72. The molecule has 10 heavy (non-hydrogen) atoms. The van der Waals surface area contributed by atoms with Crippen molar-refractivity contribution in [2.24, 2.45) is 0 Å². The van der Waals surface area contributed by atoms with E-state index in [1.807, 2.05) is 0 Å². The van der Waals surface area contributed by atoms with Gasteiger partial charge in [0.15, 0.2) is 0 Å². The van der Waals surface area contributed by atoms with Crippen LogP contribution in [0.15, 0.2) is 0 Å². The molecule has 0 unspecified atom stereocenters. The van der Waals surface area contributed by atoms with Crippen molar-refractivity contribution in [2.75, 3.05) is 27.3 Å². The van der Waals surface area contributed by atoms with E-state index in [0.717, 1.165) is 4.67 Å². The SMILES string of the molecule is CN(C)P1(F)(F)OCCO1. The first kappa shape index (κ1) is 8.27. The first-order valence-corrected chi connectivity index (χ1v) is 4.68. The average Bonchev–Trinajstić information content (AvgIpc) is 2.13. The van der Waals surface area contributed by atoms with Gasteiger partial charge in [-0.3, -0.25) is 0 Å². The summed E-state index contributed by atoms with van der Waals surface area (Å²) in [6.45, 7) is -0.0218. The van der Waals surface area contributed by atoms with E-state index in [1.54, 1.807) is 0 Å². The molecule has 0 spiro atoms. The predicted molar refractivity (Wildman–Crippen MR) is 34.7 cm³/mol. The Hall–Kier alpha value is 0.170. The average molecular weight is 173 g/mol. The third kappa shape index (κ3) is 1.14. The van der Waals surface area contributed by atoms with Crippen molar-refractivity contribution in [1.29, 1.82) is 0 Å². The van der Waals surface area contributed by atoms with Gasteiger partial charge in [-0.15, -0.1) is 0 Å². The van der Waals surface area contributed by atoms with E-state index in [0.29, 0.717) is 0 Å². The van der Waals surface area contributed by atoms with Crippen LogP contribution in [0.4, 0.5) is 8.39 Å². The maximum absolute atomic E-state index is 13.1. The van der Waals surface area contributed by atoms with Crippen molar-refractivity contribution < 1.29 is 17.4 Å². The van der Waals surface area contributed by atoms with Gasteiger partial charge in [0.25, 0.3) is 0 Å². The number of hydrogen-bond acceptors (Lipinski definition) is 3. The van der Waals surface area contributed by atoms with Crippen molar-refractivity contribution in [2.45, 2.75) is 0 Å². The molecular formula is C4H10F2NO2P. The Bertz CT molecular complexity index is 142. The molecular weight excluding hydrogens is 163 g/mol. The molecule has 0 radical (unpaired) electrons. The Balaban J connectivity index is 2.79. The van der Waals surface area contributed by atoms with Gasteiger partial charge in [0, 0.05) is 0 Å². The second-order valence-electron chi connectivity index (χ2n) is 2.24. The summed E-state index contributed by atoms with van der Waals surface area (Å²) in [6.07, 6.45) is 0. The van der Waals surface area contributed by atoms with Crippen molar-refractivity contribution >= 4 is 7.83 Å². The van der Waals surface area contributed by atoms with Gasteiger partial charge in [-0.25, -0.2) is 0 Å². The zero-order valence-corrected chi connectivity index (χ0v) is 6.78. The number of rotatable bonds is 1. The Morgan fingerprint density at radius 1 is 1.20 bits per heavy atom. The summed E-state index contributed by atoms with van der Waals surface area (Å²) in [5.41, 5.74) is 0. The van der Waals surface area contributed by atoms with Gasteiger partial charge in [0.1, 0.15) is 0 Å². The van der Waals surface area contributed by atoms with Gasteiger partial charge >= 0.3 is 57.3 Å². The second kappa shape index (κ2) is 2.08. The van der Waals surface area contributed by atoms with Gasteiger partial charge in [0.05, 0.1) is 0 Å². The molecule has 0 aromatic carbocycles. The molecule has 0 saturated carbocycles. The molecule has 1 heterocycles. The van der Waals surface area contributed by atoms with E-state index in [4.69, 9.17) is 0 Å². The molecule has 0 aromatic heterocycles. The fourth-order valence-electron chi connectivity index (χ4n) is 0.637. The number of halogens is 2. The van der Waals surface area contributed by atoms with Gasteiger partial charge in [-0.1, -0.05) is 0 Å². The summed E-state index contributed by atoms with van der Waals surface area (Å²) in [6, 6.07) is 0. The summed E-state index contributed by atoms with van der Waals surface area (Å²) in [5.74, 6) is 0. The van der Waals surface area contributed by atoms with E-state index in [1.165, 1.54) is 14.1 Å². The third-order valence-electron chi connectivity index (χ3n) is 1.31. The zero-order valence-electron chi connectivity index (χ0n) is 5.88. The minimum atomic E-state index is -5.29. The first-order valence-electron chi connectivity index (χ1n) is 2.87. The van der Waals surface area contributed by atoms with Crippen LogP contribution in [0.3, 0.4) is 0 Å². The van der Waals surface area contributed by atoms with Crippen LogP contribution in [0.2, 0.25) is 0 Å². The fourth-order valence-corrected chi connectivity index (χ4v) is 1.91. The molecule has 3 nitrogen and oxygen atoms in total. The third-order valence-corrected chi connectivity index (χ3v) is 3.77. The van der Waals surface area contributed by atoms with E-state index in [2.05, 4.69) is 9.05 Å². The summed E-state index contributed by atoms with van der Waals surface area (Å²) in [5, 5.41) is 0. The van der Waals surface area contributed by atoms with Crippen LogP contribution in [0, 0.1) is 0 Å². The molecule has 0 amide bonds. The van der Waals surface area contributed by atoms with E-state index in [-0.39, 0.29) is 13.2 Å². The van der Waals surface area contributed by atoms with E-state index in [9.17, 15) is 8.39 Å². The molecule has 0 aliphatic carbocycles. The van der Waals surface area contributed by atoms with Crippen LogP contribution >= 0.6 is 7.83 Å². The zero-order chi connectivity index (χ0) is 7.85. The quantitative estimate of drug-likeness (QED) is 0.563. The Morgan fingerprint density at radius 2 is 1.60 bits per heavy atom. The van der Waals surface area contributed by atoms with Crippen LogP contribution in [0.5, 0.6) is 0 Å². The predicted octanol–water partition coefficient (Wildman–Crippen LogP) is 1.66. The molecule has 0 N–H and O–H groups in total.